The molecule has 0 aromatic rings. The van der Waals surface area contributed by atoms with Crippen LogP contribution >= 0.6 is 0 Å². The summed E-state index contributed by atoms with van der Waals surface area (Å²) in [6.45, 7) is 0.375. The molecule has 0 aliphatic rings. The fraction of sp³-hybridized carbons (Fsp3) is 0.800. The lowest BCUT2D eigenvalue weighted by atomic mass is 11.2. The molecule has 0 atom stereocenters. The summed E-state index contributed by atoms with van der Waals surface area (Å²) in [6.07, 6.45) is 0. The average molecular weight is 134 g/mol. The minimum absolute atomic E-state index is 0.375. The summed E-state index contributed by atoms with van der Waals surface area (Å²) in [5.74, 6) is 0. The van der Waals surface area contributed by atoms with Crippen LogP contribution in [-0.4, -0.2) is 39.7 Å². The molecule has 0 aliphatic heterocycles. The molecule has 1 N–H and O–H groups in total. The Labute approximate surface area is 55.7 Å². The molecule has 0 bridgehead atoms. The third kappa shape index (κ3) is 37.6. The predicted octanol–water partition coefficient (Wildman–Crippen LogP) is -0.528. The van der Waals surface area contributed by atoms with Crippen molar-refractivity contribution in [1.29, 1.82) is 0 Å². The SMILES string of the molecule is CN(C)OC=O.CNC. The Morgan fingerprint density at radius 1 is 1.44 bits per heavy atom. The fourth-order valence-electron chi connectivity index (χ4n) is 0.0861. The van der Waals surface area contributed by atoms with Crippen LogP contribution in [0.25, 0.3) is 0 Å². The Kier molecular flexibility index (Phi) is 13.0. The number of carbonyl (C=O) groups is 1. The van der Waals surface area contributed by atoms with E-state index in [0.717, 1.165) is 0 Å². The van der Waals surface area contributed by atoms with Crippen LogP contribution in [0.15, 0.2) is 0 Å². The van der Waals surface area contributed by atoms with Gasteiger partial charge in [0.2, 0.25) is 0 Å². The molecule has 0 spiro atoms. The van der Waals surface area contributed by atoms with Gasteiger partial charge in [0, 0.05) is 14.1 Å². The molecule has 0 aromatic heterocycles. The van der Waals surface area contributed by atoms with E-state index >= 15 is 0 Å². The van der Waals surface area contributed by atoms with E-state index in [-0.39, 0.29) is 0 Å². The van der Waals surface area contributed by atoms with E-state index in [9.17, 15) is 4.79 Å². The molecule has 0 saturated heterocycles. The van der Waals surface area contributed by atoms with Gasteiger partial charge in [0.25, 0.3) is 0 Å². The highest BCUT2D eigenvalue weighted by Crippen LogP contribution is 1.66. The minimum atomic E-state index is 0.375. The standard InChI is InChI=1S/C3H7NO2.C2H7N/c1-4(2)6-3-5;1-3-2/h3H,1-2H3;3H,1-2H3. The van der Waals surface area contributed by atoms with Crippen molar-refractivity contribution >= 4 is 6.47 Å². The lowest BCUT2D eigenvalue weighted by Gasteiger charge is -2.01. The highest BCUT2D eigenvalue weighted by molar-refractivity contribution is 5.36. The second-order valence-electron chi connectivity index (χ2n) is 1.51. The molecule has 0 heterocycles. The first-order chi connectivity index (χ1) is 4.18. The number of hydrogen-bond acceptors (Lipinski definition) is 4. The van der Waals surface area contributed by atoms with Crippen molar-refractivity contribution in [2.24, 2.45) is 0 Å². The number of nitrogens with zero attached hydrogens (tertiary/aromatic N) is 1. The minimum Gasteiger partial charge on any atom is -0.371 e. The highest BCUT2D eigenvalue weighted by atomic mass is 16.7. The molecular weight excluding hydrogens is 120 g/mol. The number of nitrogens with one attached hydrogen (secondary N) is 1. The van der Waals surface area contributed by atoms with Crippen LogP contribution in [0.3, 0.4) is 0 Å². The van der Waals surface area contributed by atoms with E-state index < -0.39 is 0 Å². The Bertz CT molecular complexity index is 56.9. The highest BCUT2D eigenvalue weighted by Gasteiger charge is 1.77. The van der Waals surface area contributed by atoms with E-state index in [1.165, 1.54) is 5.06 Å². The average Bonchev–Trinajstić information content (AvgIpc) is 1.67. The van der Waals surface area contributed by atoms with Crippen molar-refractivity contribution in [1.82, 2.24) is 10.4 Å². The van der Waals surface area contributed by atoms with E-state index in [4.69, 9.17) is 0 Å². The normalized spacial score (nSPS) is 7.67. The van der Waals surface area contributed by atoms with Crippen molar-refractivity contribution in [3.8, 4) is 0 Å². The maximum absolute atomic E-state index is 9.35. The summed E-state index contributed by atoms with van der Waals surface area (Å²) in [4.78, 5) is 13.5. The van der Waals surface area contributed by atoms with Crippen LogP contribution in [0, 0.1) is 0 Å². The molecule has 0 fully saturated rings. The third-order valence-corrected chi connectivity index (χ3v) is 0.254. The molecule has 0 rings (SSSR count). The monoisotopic (exact) mass is 134 g/mol. The fourth-order valence-corrected chi connectivity index (χ4v) is 0.0861. The zero-order valence-electron chi connectivity index (χ0n) is 6.34. The van der Waals surface area contributed by atoms with Crippen LogP contribution in [0.1, 0.15) is 0 Å². The van der Waals surface area contributed by atoms with Crippen LogP contribution in [0.2, 0.25) is 0 Å². The van der Waals surface area contributed by atoms with Gasteiger partial charge in [-0.05, 0) is 14.1 Å². The van der Waals surface area contributed by atoms with Crippen LogP contribution in [0.4, 0.5) is 0 Å². The first kappa shape index (κ1) is 11.2. The number of rotatable bonds is 2. The van der Waals surface area contributed by atoms with Gasteiger partial charge in [-0.15, -0.1) is 5.06 Å². The zero-order valence-corrected chi connectivity index (χ0v) is 6.34. The lowest BCUT2D eigenvalue weighted by Crippen LogP contribution is -2.10. The zero-order chi connectivity index (χ0) is 7.70. The summed E-state index contributed by atoms with van der Waals surface area (Å²) in [5, 5.41) is 4.06. The molecule has 0 amide bonds. The quantitative estimate of drug-likeness (QED) is 0.407. The van der Waals surface area contributed by atoms with E-state index in [0.29, 0.717) is 6.47 Å². The smallest absolute Gasteiger partial charge is 0.312 e. The summed E-state index contributed by atoms with van der Waals surface area (Å²) in [7, 11) is 7.02. The van der Waals surface area contributed by atoms with Crippen LogP contribution in [0.5, 0.6) is 0 Å². The molecule has 9 heavy (non-hydrogen) atoms. The van der Waals surface area contributed by atoms with Gasteiger partial charge in [-0.25, -0.2) is 0 Å². The summed E-state index contributed by atoms with van der Waals surface area (Å²) in [6, 6.07) is 0. The van der Waals surface area contributed by atoms with Crippen LogP contribution < -0.4 is 5.32 Å². The van der Waals surface area contributed by atoms with Crippen molar-refractivity contribution in [2.45, 2.75) is 0 Å². The van der Waals surface area contributed by atoms with Crippen molar-refractivity contribution in [3.63, 3.8) is 0 Å². The maximum atomic E-state index is 9.35. The van der Waals surface area contributed by atoms with Gasteiger partial charge in [0.05, 0.1) is 0 Å². The Balaban J connectivity index is 0. The third-order valence-electron chi connectivity index (χ3n) is 0.254. The number of carbonyl (C=O) groups excluding carboxylic acids is 1. The Morgan fingerprint density at radius 3 is 1.78 bits per heavy atom. The topological polar surface area (TPSA) is 41.6 Å². The van der Waals surface area contributed by atoms with Crippen LogP contribution in [-0.2, 0) is 9.63 Å². The van der Waals surface area contributed by atoms with Gasteiger partial charge >= 0.3 is 6.47 Å². The second-order valence-corrected chi connectivity index (χ2v) is 1.51. The van der Waals surface area contributed by atoms with Gasteiger partial charge in [-0.3, -0.25) is 4.79 Å². The molecule has 0 saturated carbocycles. The number of hydrogen-bond donors (Lipinski definition) is 1. The van der Waals surface area contributed by atoms with E-state index in [1.54, 1.807) is 14.1 Å². The summed E-state index contributed by atoms with van der Waals surface area (Å²) in [5.41, 5.74) is 0. The summed E-state index contributed by atoms with van der Waals surface area (Å²) < 4.78 is 0. The van der Waals surface area contributed by atoms with Gasteiger partial charge in [-0.2, -0.15) is 0 Å². The second kappa shape index (κ2) is 10.4. The van der Waals surface area contributed by atoms with E-state index in [2.05, 4.69) is 10.2 Å². The summed E-state index contributed by atoms with van der Waals surface area (Å²) >= 11 is 0. The molecule has 4 heteroatoms. The van der Waals surface area contributed by atoms with Gasteiger partial charge in [0.1, 0.15) is 0 Å². The molecule has 0 aromatic carbocycles. The van der Waals surface area contributed by atoms with Gasteiger partial charge < -0.3 is 10.2 Å². The Morgan fingerprint density at radius 2 is 1.78 bits per heavy atom. The largest absolute Gasteiger partial charge is 0.371 e. The van der Waals surface area contributed by atoms with Crippen molar-refractivity contribution < 1.29 is 9.63 Å². The molecule has 0 unspecified atom stereocenters. The predicted molar refractivity (Wildman–Crippen MR) is 35.8 cm³/mol. The molecular formula is C5H14N2O2. The lowest BCUT2D eigenvalue weighted by molar-refractivity contribution is -0.160. The first-order valence-electron chi connectivity index (χ1n) is 2.55. The first-order valence-corrected chi connectivity index (χ1v) is 2.55. The van der Waals surface area contributed by atoms with Gasteiger partial charge in [0.15, 0.2) is 0 Å². The molecule has 56 valence electrons. The van der Waals surface area contributed by atoms with Crippen molar-refractivity contribution in [3.05, 3.63) is 0 Å². The molecule has 0 radical (unpaired) electrons. The number of hydroxylamine groups is 2. The molecule has 0 aliphatic carbocycles. The Hall–Kier alpha value is -0.610. The molecule has 4 nitrogen and oxygen atoms in total. The maximum Gasteiger partial charge on any atom is 0.312 e. The van der Waals surface area contributed by atoms with Gasteiger partial charge in [-0.1, -0.05) is 0 Å². The van der Waals surface area contributed by atoms with E-state index in [1.807, 2.05) is 14.1 Å². The van der Waals surface area contributed by atoms with Crippen molar-refractivity contribution in [2.75, 3.05) is 28.2 Å².